The van der Waals surface area contributed by atoms with Crippen LogP contribution in [0.1, 0.15) is 48.6 Å². The van der Waals surface area contributed by atoms with Crippen molar-refractivity contribution < 1.29 is 0 Å². The zero-order chi connectivity index (χ0) is 16.8. The van der Waals surface area contributed by atoms with Gasteiger partial charge in [0.2, 0.25) is 0 Å². The molecule has 0 N–H and O–H groups in total. The summed E-state index contributed by atoms with van der Waals surface area (Å²) in [6.45, 7) is 5.99. The minimum absolute atomic E-state index is 0.632. The summed E-state index contributed by atoms with van der Waals surface area (Å²) >= 11 is 0. The zero-order valence-electron chi connectivity index (χ0n) is 14.6. The first kappa shape index (κ1) is 15.0. The topological polar surface area (TPSA) is 46.8 Å². The van der Waals surface area contributed by atoms with Crippen molar-refractivity contribution in [3.05, 3.63) is 53.4 Å². The molecule has 0 saturated heterocycles. The Bertz CT molecular complexity index is 925. The summed E-state index contributed by atoms with van der Waals surface area (Å²) in [5, 5.41) is 0. The number of hydrogen-bond acceptors (Lipinski definition) is 4. The number of para-hydroxylation sites is 2. The van der Waals surface area contributed by atoms with Crippen molar-refractivity contribution in [3.8, 4) is 0 Å². The number of imidazole rings is 1. The molecule has 5 heteroatoms. The van der Waals surface area contributed by atoms with Gasteiger partial charge < -0.3 is 4.57 Å². The van der Waals surface area contributed by atoms with Crippen LogP contribution < -0.4 is 0 Å². The van der Waals surface area contributed by atoms with Gasteiger partial charge in [0.15, 0.2) is 0 Å². The SMILES string of the molecule is CCn1c(CN2CCc3nc(C4CC4)ncc3C2)nc2ccccc21. The molecule has 5 rings (SSSR count). The predicted molar refractivity (Wildman–Crippen MR) is 97.2 cm³/mol. The fourth-order valence-electron chi connectivity index (χ4n) is 3.86. The molecule has 0 amide bonds. The van der Waals surface area contributed by atoms with Crippen LogP contribution in [0.2, 0.25) is 0 Å². The number of hydrogen-bond donors (Lipinski definition) is 0. The number of fused-ring (bicyclic) bond motifs is 2. The van der Waals surface area contributed by atoms with Crippen molar-refractivity contribution in [2.24, 2.45) is 0 Å². The predicted octanol–water partition coefficient (Wildman–Crippen LogP) is 3.28. The fourth-order valence-corrected chi connectivity index (χ4v) is 3.86. The Hall–Kier alpha value is -2.27. The Labute approximate surface area is 147 Å². The summed E-state index contributed by atoms with van der Waals surface area (Å²) in [4.78, 5) is 16.8. The molecule has 1 aliphatic heterocycles. The van der Waals surface area contributed by atoms with Crippen molar-refractivity contribution in [1.29, 1.82) is 0 Å². The Morgan fingerprint density at radius 2 is 2.04 bits per heavy atom. The van der Waals surface area contributed by atoms with Gasteiger partial charge in [-0.1, -0.05) is 12.1 Å². The highest BCUT2D eigenvalue weighted by Gasteiger charge is 2.28. The third-order valence-electron chi connectivity index (χ3n) is 5.39. The largest absolute Gasteiger partial charge is 0.327 e. The van der Waals surface area contributed by atoms with E-state index in [1.54, 1.807) is 0 Å². The minimum atomic E-state index is 0.632. The highest BCUT2D eigenvalue weighted by atomic mass is 15.2. The molecule has 0 unspecified atom stereocenters. The van der Waals surface area contributed by atoms with E-state index in [1.807, 2.05) is 0 Å². The van der Waals surface area contributed by atoms with Gasteiger partial charge in [-0.25, -0.2) is 15.0 Å². The second kappa shape index (κ2) is 5.92. The number of rotatable bonds is 4. The zero-order valence-corrected chi connectivity index (χ0v) is 14.6. The number of benzene rings is 1. The van der Waals surface area contributed by atoms with Crippen LogP contribution in [0.4, 0.5) is 0 Å². The fraction of sp³-hybridized carbons (Fsp3) is 0.450. The maximum absolute atomic E-state index is 4.87. The summed E-state index contributed by atoms with van der Waals surface area (Å²) in [6, 6.07) is 8.41. The normalized spacial score (nSPS) is 17.8. The molecule has 3 heterocycles. The monoisotopic (exact) mass is 333 g/mol. The van der Waals surface area contributed by atoms with E-state index in [2.05, 4.69) is 51.8 Å². The van der Waals surface area contributed by atoms with Crippen molar-refractivity contribution >= 4 is 11.0 Å². The quantitative estimate of drug-likeness (QED) is 0.735. The molecular weight excluding hydrogens is 310 g/mol. The molecule has 0 spiro atoms. The van der Waals surface area contributed by atoms with E-state index in [9.17, 15) is 0 Å². The molecule has 128 valence electrons. The maximum atomic E-state index is 4.87. The van der Waals surface area contributed by atoms with Crippen molar-refractivity contribution in [1.82, 2.24) is 24.4 Å². The van der Waals surface area contributed by atoms with E-state index in [0.717, 1.165) is 49.8 Å². The van der Waals surface area contributed by atoms with Crippen LogP contribution >= 0.6 is 0 Å². The maximum Gasteiger partial charge on any atom is 0.131 e. The second-order valence-corrected chi connectivity index (χ2v) is 7.20. The minimum Gasteiger partial charge on any atom is -0.327 e. The van der Waals surface area contributed by atoms with Crippen LogP contribution in [0.3, 0.4) is 0 Å². The first-order chi connectivity index (χ1) is 12.3. The first-order valence-corrected chi connectivity index (χ1v) is 9.33. The first-order valence-electron chi connectivity index (χ1n) is 9.33. The molecule has 1 aliphatic carbocycles. The average Bonchev–Trinajstić information content (AvgIpc) is 3.43. The lowest BCUT2D eigenvalue weighted by Crippen LogP contribution is -2.32. The van der Waals surface area contributed by atoms with E-state index in [0.29, 0.717) is 5.92 Å². The van der Waals surface area contributed by atoms with Gasteiger partial charge in [-0.05, 0) is 31.9 Å². The van der Waals surface area contributed by atoms with Crippen LogP contribution in [0, 0.1) is 0 Å². The summed E-state index contributed by atoms with van der Waals surface area (Å²) in [6.07, 6.45) is 5.60. The molecule has 0 atom stereocenters. The Kier molecular flexibility index (Phi) is 3.55. The Morgan fingerprint density at radius 3 is 2.88 bits per heavy atom. The Morgan fingerprint density at radius 1 is 1.16 bits per heavy atom. The second-order valence-electron chi connectivity index (χ2n) is 7.20. The van der Waals surface area contributed by atoms with Crippen LogP contribution in [-0.2, 0) is 26.1 Å². The third-order valence-corrected chi connectivity index (χ3v) is 5.39. The molecule has 0 radical (unpaired) electrons. The van der Waals surface area contributed by atoms with E-state index in [-0.39, 0.29) is 0 Å². The van der Waals surface area contributed by atoms with Crippen molar-refractivity contribution in [3.63, 3.8) is 0 Å². The molecule has 2 aromatic heterocycles. The molecule has 1 saturated carbocycles. The lowest BCUT2D eigenvalue weighted by molar-refractivity contribution is 0.234. The van der Waals surface area contributed by atoms with Crippen LogP contribution in [0.25, 0.3) is 11.0 Å². The van der Waals surface area contributed by atoms with Gasteiger partial charge in [-0.15, -0.1) is 0 Å². The lowest BCUT2D eigenvalue weighted by atomic mass is 10.1. The smallest absolute Gasteiger partial charge is 0.131 e. The lowest BCUT2D eigenvalue weighted by Gasteiger charge is -2.27. The molecule has 5 nitrogen and oxygen atoms in total. The molecule has 2 aliphatic rings. The van der Waals surface area contributed by atoms with E-state index in [4.69, 9.17) is 9.97 Å². The summed E-state index contributed by atoms with van der Waals surface area (Å²) < 4.78 is 2.33. The standard InChI is InChI=1S/C20H23N5/c1-2-25-18-6-4-3-5-17(18)22-19(25)13-24-10-9-16-15(12-24)11-21-20(23-16)14-7-8-14/h3-6,11,14H,2,7-10,12-13H2,1H3. The number of aryl methyl sites for hydroxylation is 1. The summed E-state index contributed by atoms with van der Waals surface area (Å²) in [5.74, 6) is 2.86. The number of nitrogens with zero attached hydrogens (tertiary/aromatic N) is 5. The molecule has 1 aromatic carbocycles. The van der Waals surface area contributed by atoms with Gasteiger partial charge in [-0.2, -0.15) is 0 Å². The average molecular weight is 333 g/mol. The molecule has 0 bridgehead atoms. The van der Waals surface area contributed by atoms with Crippen molar-refractivity contribution in [2.75, 3.05) is 6.54 Å². The third kappa shape index (κ3) is 2.72. The summed E-state index contributed by atoms with van der Waals surface area (Å²) in [5.41, 5.74) is 4.87. The van der Waals surface area contributed by atoms with E-state index >= 15 is 0 Å². The Balaban J connectivity index is 1.38. The van der Waals surface area contributed by atoms with Crippen molar-refractivity contribution in [2.45, 2.75) is 51.7 Å². The van der Waals surface area contributed by atoms with Gasteiger partial charge in [-0.3, -0.25) is 4.90 Å². The van der Waals surface area contributed by atoms with Gasteiger partial charge in [0.1, 0.15) is 11.6 Å². The summed E-state index contributed by atoms with van der Waals surface area (Å²) in [7, 11) is 0. The van der Waals surface area contributed by atoms with Gasteiger partial charge >= 0.3 is 0 Å². The van der Waals surface area contributed by atoms with Gasteiger partial charge in [0.25, 0.3) is 0 Å². The molecule has 3 aromatic rings. The molecule has 1 fully saturated rings. The highest BCUT2D eigenvalue weighted by Crippen LogP contribution is 2.38. The molecular formula is C20H23N5. The van der Waals surface area contributed by atoms with Crippen LogP contribution in [0.5, 0.6) is 0 Å². The van der Waals surface area contributed by atoms with E-state index < -0.39 is 0 Å². The van der Waals surface area contributed by atoms with Gasteiger partial charge in [0, 0.05) is 49.4 Å². The highest BCUT2D eigenvalue weighted by molar-refractivity contribution is 5.75. The number of aromatic nitrogens is 4. The van der Waals surface area contributed by atoms with Gasteiger partial charge in [0.05, 0.1) is 17.6 Å². The van der Waals surface area contributed by atoms with Crippen LogP contribution in [-0.4, -0.2) is 31.0 Å². The van der Waals surface area contributed by atoms with Crippen LogP contribution in [0.15, 0.2) is 30.5 Å². The van der Waals surface area contributed by atoms with E-state index in [1.165, 1.54) is 29.6 Å². The molecule has 25 heavy (non-hydrogen) atoms.